The topological polar surface area (TPSA) is 66.8 Å². The van der Waals surface area contributed by atoms with Gasteiger partial charge >= 0.3 is 0 Å². The molecule has 4 rings (SSSR count). The molecule has 0 saturated carbocycles. The predicted molar refractivity (Wildman–Crippen MR) is 119 cm³/mol. The Morgan fingerprint density at radius 2 is 1.71 bits per heavy atom. The van der Waals surface area contributed by atoms with Gasteiger partial charge in [0.25, 0.3) is 11.7 Å². The summed E-state index contributed by atoms with van der Waals surface area (Å²) in [5.74, 6) is -1.05. The summed E-state index contributed by atoms with van der Waals surface area (Å²) in [6.07, 6.45) is 0. The molecule has 0 aliphatic carbocycles. The normalized spacial score (nSPS) is 17.7. The van der Waals surface area contributed by atoms with Crippen LogP contribution in [0.2, 0.25) is 5.02 Å². The fraction of sp³-hybridized carbons (Fsp3) is 0.120. The van der Waals surface area contributed by atoms with Crippen molar-refractivity contribution in [3.8, 4) is 5.75 Å². The van der Waals surface area contributed by atoms with Crippen molar-refractivity contribution in [3.63, 3.8) is 0 Å². The molecule has 3 aromatic rings. The van der Waals surface area contributed by atoms with E-state index < -0.39 is 17.7 Å². The molecule has 0 bridgehead atoms. The molecule has 156 valence electrons. The van der Waals surface area contributed by atoms with Crippen LogP contribution in [0.25, 0.3) is 5.76 Å². The average molecular weight is 434 g/mol. The van der Waals surface area contributed by atoms with E-state index in [2.05, 4.69) is 0 Å². The van der Waals surface area contributed by atoms with Gasteiger partial charge in [-0.2, -0.15) is 0 Å². The minimum absolute atomic E-state index is 0.0355. The fourth-order valence-electron chi connectivity index (χ4n) is 3.83. The van der Waals surface area contributed by atoms with Gasteiger partial charge in [0.1, 0.15) is 11.5 Å². The molecule has 1 unspecified atom stereocenters. The Hall–Kier alpha value is -3.57. The molecule has 1 aliphatic heterocycles. The van der Waals surface area contributed by atoms with E-state index >= 15 is 0 Å². The van der Waals surface area contributed by atoms with E-state index in [9.17, 15) is 14.7 Å². The third kappa shape index (κ3) is 3.92. The summed E-state index contributed by atoms with van der Waals surface area (Å²) in [5.41, 5.74) is 1.90. The molecule has 5 nitrogen and oxygen atoms in total. The number of amides is 1. The Morgan fingerprint density at radius 1 is 1.00 bits per heavy atom. The molecular formula is C25H20ClNO4. The molecule has 1 aliphatic rings. The Labute approximate surface area is 185 Å². The second kappa shape index (κ2) is 8.66. The Bertz CT molecular complexity index is 1170. The van der Waals surface area contributed by atoms with Gasteiger partial charge in [-0.05, 0) is 23.8 Å². The van der Waals surface area contributed by atoms with Crippen LogP contribution in [0.4, 0.5) is 0 Å². The van der Waals surface area contributed by atoms with Gasteiger partial charge in [-0.3, -0.25) is 9.59 Å². The van der Waals surface area contributed by atoms with E-state index in [0.717, 1.165) is 11.1 Å². The van der Waals surface area contributed by atoms with Gasteiger partial charge in [-0.1, -0.05) is 72.3 Å². The number of hydrogen-bond donors (Lipinski definition) is 1. The number of carbonyl (C=O) groups is 2. The molecule has 3 aromatic carbocycles. The van der Waals surface area contributed by atoms with Gasteiger partial charge in [-0.25, -0.2) is 0 Å². The number of aliphatic hydroxyl groups is 1. The Balaban J connectivity index is 1.86. The van der Waals surface area contributed by atoms with E-state index in [0.29, 0.717) is 16.3 Å². The van der Waals surface area contributed by atoms with Crippen molar-refractivity contribution in [2.45, 2.75) is 12.6 Å². The van der Waals surface area contributed by atoms with Gasteiger partial charge < -0.3 is 14.7 Å². The third-order valence-electron chi connectivity index (χ3n) is 5.29. The van der Waals surface area contributed by atoms with E-state index in [1.165, 1.54) is 4.90 Å². The molecule has 1 heterocycles. The van der Waals surface area contributed by atoms with Gasteiger partial charge in [0, 0.05) is 16.1 Å². The highest BCUT2D eigenvalue weighted by molar-refractivity contribution is 6.46. The number of benzene rings is 3. The molecule has 1 saturated heterocycles. The van der Waals surface area contributed by atoms with Crippen molar-refractivity contribution >= 4 is 29.1 Å². The van der Waals surface area contributed by atoms with Crippen LogP contribution in [-0.2, 0) is 16.1 Å². The van der Waals surface area contributed by atoms with Crippen LogP contribution in [0.15, 0.2) is 84.4 Å². The van der Waals surface area contributed by atoms with Crippen LogP contribution in [0, 0.1) is 0 Å². The van der Waals surface area contributed by atoms with Crippen LogP contribution in [0.5, 0.6) is 5.75 Å². The van der Waals surface area contributed by atoms with Crippen molar-refractivity contribution < 1.29 is 19.4 Å². The second-order valence-corrected chi connectivity index (χ2v) is 7.60. The Morgan fingerprint density at radius 3 is 2.42 bits per heavy atom. The summed E-state index contributed by atoms with van der Waals surface area (Å²) >= 11 is 6.07. The molecule has 6 heteroatoms. The molecule has 1 atom stereocenters. The lowest BCUT2D eigenvalue weighted by atomic mass is 9.95. The molecule has 0 aromatic heterocycles. The van der Waals surface area contributed by atoms with Crippen molar-refractivity contribution in [1.82, 2.24) is 4.90 Å². The number of Topliss-reactive ketones (excluding diaryl/α,β-unsaturated/α-hetero) is 1. The van der Waals surface area contributed by atoms with E-state index in [-0.39, 0.29) is 17.9 Å². The number of likely N-dealkylation sites (tertiary alicyclic amines) is 1. The number of rotatable bonds is 5. The second-order valence-electron chi connectivity index (χ2n) is 7.16. The Kier molecular flexibility index (Phi) is 5.78. The van der Waals surface area contributed by atoms with E-state index in [1.807, 2.05) is 48.5 Å². The van der Waals surface area contributed by atoms with Crippen LogP contribution < -0.4 is 4.74 Å². The summed E-state index contributed by atoms with van der Waals surface area (Å²) in [7, 11) is 1.56. The number of aliphatic hydroxyl groups excluding tert-OH is 1. The van der Waals surface area contributed by atoms with E-state index in [4.69, 9.17) is 16.3 Å². The zero-order valence-electron chi connectivity index (χ0n) is 16.8. The monoisotopic (exact) mass is 433 g/mol. The summed E-state index contributed by atoms with van der Waals surface area (Å²) in [6, 6.07) is 22.3. The number of ether oxygens (including phenoxy) is 1. The lowest BCUT2D eigenvalue weighted by molar-refractivity contribution is -0.140. The smallest absolute Gasteiger partial charge is 0.295 e. The summed E-state index contributed by atoms with van der Waals surface area (Å²) < 4.78 is 5.42. The van der Waals surface area contributed by atoms with Crippen molar-refractivity contribution in [2.24, 2.45) is 0 Å². The van der Waals surface area contributed by atoms with Gasteiger partial charge in [-0.15, -0.1) is 0 Å². The lowest BCUT2D eigenvalue weighted by Crippen LogP contribution is -2.29. The van der Waals surface area contributed by atoms with Gasteiger partial charge in [0.15, 0.2) is 0 Å². The highest BCUT2D eigenvalue weighted by atomic mass is 35.5. The maximum Gasteiger partial charge on any atom is 0.295 e. The molecule has 1 N–H and O–H groups in total. The standard InChI is InChI=1S/C25H20ClNO4/c1-31-20-13-6-5-10-18(20)15-27-22(16-8-3-2-4-9-16)21(24(29)25(27)30)23(28)17-11-7-12-19(26)14-17/h2-14,22,28H,15H2,1H3/b23-21-. The zero-order chi connectivity index (χ0) is 22.0. The molecule has 1 amide bonds. The largest absolute Gasteiger partial charge is 0.507 e. The molecule has 31 heavy (non-hydrogen) atoms. The van der Waals surface area contributed by atoms with Crippen LogP contribution in [0.1, 0.15) is 22.7 Å². The number of carbonyl (C=O) groups excluding carboxylic acids is 2. The SMILES string of the molecule is COc1ccccc1CN1C(=O)C(=O)/C(=C(\O)c2cccc(Cl)c2)C1c1ccccc1. The molecule has 0 radical (unpaired) electrons. The maximum absolute atomic E-state index is 13.1. The minimum Gasteiger partial charge on any atom is -0.507 e. The number of hydrogen-bond acceptors (Lipinski definition) is 4. The van der Waals surface area contributed by atoms with E-state index in [1.54, 1.807) is 37.4 Å². The number of halogens is 1. The zero-order valence-corrected chi connectivity index (χ0v) is 17.5. The number of para-hydroxylation sites is 1. The summed E-state index contributed by atoms with van der Waals surface area (Å²) in [6.45, 7) is 0.153. The van der Waals surface area contributed by atoms with Crippen molar-refractivity contribution in [2.75, 3.05) is 7.11 Å². The predicted octanol–water partition coefficient (Wildman–Crippen LogP) is 4.97. The highest BCUT2D eigenvalue weighted by Gasteiger charge is 2.46. The first-order valence-electron chi connectivity index (χ1n) is 9.72. The first-order valence-corrected chi connectivity index (χ1v) is 10.1. The van der Waals surface area contributed by atoms with Crippen LogP contribution in [-0.4, -0.2) is 28.8 Å². The van der Waals surface area contributed by atoms with Gasteiger partial charge in [0.2, 0.25) is 0 Å². The summed E-state index contributed by atoms with van der Waals surface area (Å²) in [5, 5.41) is 11.5. The van der Waals surface area contributed by atoms with Crippen molar-refractivity contribution in [1.29, 1.82) is 0 Å². The van der Waals surface area contributed by atoms with Crippen molar-refractivity contribution in [3.05, 3.63) is 106 Å². The van der Waals surface area contributed by atoms with Crippen LogP contribution in [0.3, 0.4) is 0 Å². The number of ketones is 1. The third-order valence-corrected chi connectivity index (χ3v) is 5.52. The van der Waals surface area contributed by atoms with Gasteiger partial charge in [0.05, 0.1) is 25.3 Å². The average Bonchev–Trinajstić information content (AvgIpc) is 3.04. The highest BCUT2D eigenvalue weighted by Crippen LogP contribution is 2.41. The number of nitrogens with zero attached hydrogens (tertiary/aromatic N) is 1. The molecule has 1 fully saturated rings. The first kappa shape index (κ1) is 20.7. The van der Waals surface area contributed by atoms with Crippen LogP contribution >= 0.6 is 11.6 Å². The minimum atomic E-state index is -0.745. The number of methoxy groups -OCH3 is 1. The first-order chi connectivity index (χ1) is 15.0. The molecule has 0 spiro atoms. The molecular weight excluding hydrogens is 414 g/mol. The quantitative estimate of drug-likeness (QED) is 0.350. The fourth-order valence-corrected chi connectivity index (χ4v) is 4.02. The maximum atomic E-state index is 13.1. The lowest BCUT2D eigenvalue weighted by Gasteiger charge is -2.26. The summed E-state index contributed by atoms with van der Waals surface area (Å²) in [4.78, 5) is 27.6.